The van der Waals surface area contributed by atoms with Crippen LogP contribution in [0.15, 0.2) is 60.7 Å². The van der Waals surface area contributed by atoms with Crippen molar-refractivity contribution in [3.63, 3.8) is 0 Å². The van der Waals surface area contributed by atoms with Gasteiger partial charge in [0, 0.05) is 7.11 Å². The third kappa shape index (κ3) is 2.94. The summed E-state index contributed by atoms with van der Waals surface area (Å²) in [5.41, 5.74) is 0. The molecule has 0 aliphatic carbocycles. The van der Waals surface area contributed by atoms with Gasteiger partial charge < -0.3 is 4.74 Å². The molecule has 0 heterocycles. The zero-order valence-corrected chi connectivity index (χ0v) is 11.1. The van der Waals surface area contributed by atoms with Gasteiger partial charge in [-0.1, -0.05) is 60.7 Å². The normalized spacial score (nSPS) is 12.6. The van der Waals surface area contributed by atoms with E-state index in [0.29, 0.717) is 0 Å². The highest BCUT2D eigenvalue weighted by atomic mass is 31.1. The van der Waals surface area contributed by atoms with Crippen LogP contribution >= 0.6 is 7.92 Å². The quantitative estimate of drug-likeness (QED) is 0.751. The van der Waals surface area contributed by atoms with E-state index in [2.05, 4.69) is 67.6 Å². The monoisotopic (exact) mass is 244 g/mol. The van der Waals surface area contributed by atoms with Crippen LogP contribution in [0.3, 0.4) is 0 Å². The van der Waals surface area contributed by atoms with Gasteiger partial charge in [0.2, 0.25) is 0 Å². The minimum absolute atomic E-state index is 0.231. The molecule has 0 radical (unpaired) electrons. The van der Waals surface area contributed by atoms with E-state index in [0.717, 1.165) is 0 Å². The van der Waals surface area contributed by atoms with Crippen LogP contribution in [0.5, 0.6) is 0 Å². The SMILES string of the molecule is COC(C)P(c1ccccc1)c1ccccc1. The molecule has 88 valence electrons. The predicted molar refractivity (Wildman–Crippen MR) is 75.5 cm³/mol. The van der Waals surface area contributed by atoms with Crippen molar-refractivity contribution in [1.82, 2.24) is 0 Å². The van der Waals surface area contributed by atoms with Crippen molar-refractivity contribution in [2.75, 3.05) is 7.11 Å². The molecule has 1 unspecified atom stereocenters. The fraction of sp³-hybridized carbons (Fsp3) is 0.200. The van der Waals surface area contributed by atoms with E-state index in [1.165, 1.54) is 10.6 Å². The maximum atomic E-state index is 5.55. The maximum Gasteiger partial charge on any atom is 0.0816 e. The van der Waals surface area contributed by atoms with Crippen molar-refractivity contribution in [1.29, 1.82) is 0 Å². The molecule has 0 spiro atoms. The first-order chi connectivity index (χ1) is 8.33. The molecule has 0 fully saturated rings. The van der Waals surface area contributed by atoms with E-state index in [9.17, 15) is 0 Å². The fourth-order valence-corrected chi connectivity index (χ4v) is 4.19. The van der Waals surface area contributed by atoms with E-state index in [4.69, 9.17) is 4.74 Å². The Hall–Kier alpha value is -1.17. The van der Waals surface area contributed by atoms with Gasteiger partial charge >= 0.3 is 0 Å². The van der Waals surface area contributed by atoms with Crippen LogP contribution in [0, 0.1) is 0 Å². The van der Waals surface area contributed by atoms with Crippen molar-refractivity contribution >= 4 is 18.5 Å². The summed E-state index contributed by atoms with van der Waals surface area (Å²) >= 11 is 0. The topological polar surface area (TPSA) is 9.23 Å². The van der Waals surface area contributed by atoms with Crippen molar-refractivity contribution in [2.45, 2.75) is 12.8 Å². The minimum Gasteiger partial charge on any atom is -0.377 e. The van der Waals surface area contributed by atoms with Crippen molar-refractivity contribution in [3.05, 3.63) is 60.7 Å². The molecule has 1 atom stereocenters. The molecular formula is C15H17OP. The lowest BCUT2D eigenvalue weighted by Crippen LogP contribution is -2.20. The number of hydrogen-bond donors (Lipinski definition) is 0. The molecular weight excluding hydrogens is 227 g/mol. The van der Waals surface area contributed by atoms with Crippen LogP contribution in [0.2, 0.25) is 0 Å². The van der Waals surface area contributed by atoms with Gasteiger partial charge in [0.25, 0.3) is 0 Å². The molecule has 0 amide bonds. The molecule has 2 aromatic carbocycles. The Kier molecular flexibility index (Phi) is 4.30. The first-order valence-electron chi connectivity index (χ1n) is 5.75. The molecule has 0 saturated heterocycles. The van der Waals surface area contributed by atoms with Crippen LogP contribution < -0.4 is 10.6 Å². The lowest BCUT2D eigenvalue weighted by molar-refractivity contribution is 0.184. The van der Waals surface area contributed by atoms with Gasteiger partial charge in [0.1, 0.15) is 0 Å². The summed E-state index contributed by atoms with van der Waals surface area (Å²) in [4.78, 5) is 0. The molecule has 0 bridgehead atoms. The number of rotatable bonds is 4. The van der Waals surface area contributed by atoms with Crippen LogP contribution in [0.25, 0.3) is 0 Å². The van der Waals surface area contributed by atoms with Crippen LogP contribution in [-0.2, 0) is 4.74 Å². The van der Waals surface area contributed by atoms with Crippen LogP contribution in [0.1, 0.15) is 6.92 Å². The average molecular weight is 244 g/mol. The van der Waals surface area contributed by atoms with E-state index < -0.39 is 7.92 Å². The van der Waals surface area contributed by atoms with Crippen molar-refractivity contribution in [3.8, 4) is 0 Å². The van der Waals surface area contributed by atoms with Gasteiger partial charge in [-0.15, -0.1) is 0 Å². The average Bonchev–Trinajstić information content (AvgIpc) is 2.41. The zero-order valence-electron chi connectivity index (χ0n) is 10.2. The Morgan fingerprint density at radius 3 is 1.59 bits per heavy atom. The minimum atomic E-state index is -0.434. The summed E-state index contributed by atoms with van der Waals surface area (Å²) < 4.78 is 5.55. The Morgan fingerprint density at radius 1 is 0.824 bits per heavy atom. The Bertz CT molecular complexity index is 401. The second-order valence-corrected chi connectivity index (χ2v) is 6.38. The summed E-state index contributed by atoms with van der Waals surface area (Å²) in [7, 11) is 1.35. The maximum absolute atomic E-state index is 5.55. The number of benzene rings is 2. The highest BCUT2D eigenvalue weighted by Crippen LogP contribution is 2.39. The van der Waals surface area contributed by atoms with Crippen LogP contribution in [-0.4, -0.2) is 13.0 Å². The summed E-state index contributed by atoms with van der Waals surface area (Å²) in [6.07, 6.45) is 0. The van der Waals surface area contributed by atoms with E-state index in [1.54, 1.807) is 7.11 Å². The molecule has 2 heteroatoms. The molecule has 0 aliphatic heterocycles. The lowest BCUT2D eigenvalue weighted by atomic mass is 10.4. The second kappa shape index (κ2) is 5.95. The van der Waals surface area contributed by atoms with Gasteiger partial charge in [0.15, 0.2) is 0 Å². The molecule has 2 aromatic rings. The molecule has 2 rings (SSSR count). The van der Waals surface area contributed by atoms with Gasteiger partial charge in [-0.3, -0.25) is 0 Å². The number of methoxy groups -OCH3 is 1. The third-order valence-electron chi connectivity index (χ3n) is 2.77. The Morgan fingerprint density at radius 2 is 1.24 bits per heavy atom. The summed E-state index contributed by atoms with van der Waals surface area (Å²) in [5.74, 6) is 0.231. The fourth-order valence-electron chi connectivity index (χ4n) is 1.85. The van der Waals surface area contributed by atoms with E-state index in [-0.39, 0.29) is 5.85 Å². The third-order valence-corrected chi connectivity index (χ3v) is 5.42. The van der Waals surface area contributed by atoms with Gasteiger partial charge in [-0.05, 0) is 25.5 Å². The van der Waals surface area contributed by atoms with Gasteiger partial charge in [0.05, 0.1) is 5.85 Å². The first-order valence-corrected chi connectivity index (χ1v) is 7.16. The summed E-state index contributed by atoms with van der Waals surface area (Å²) in [6.45, 7) is 2.14. The van der Waals surface area contributed by atoms with Crippen molar-refractivity contribution < 1.29 is 4.74 Å². The zero-order chi connectivity index (χ0) is 12.1. The Labute approximate surface area is 104 Å². The molecule has 0 aromatic heterocycles. The lowest BCUT2D eigenvalue weighted by Gasteiger charge is -2.24. The van der Waals surface area contributed by atoms with Crippen LogP contribution in [0.4, 0.5) is 0 Å². The smallest absolute Gasteiger partial charge is 0.0816 e. The van der Waals surface area contributed by atoms with E-state index >= 15 is 0 Å². The molecule has 0 N–H and O–H groups in total. The molecule has 17 heavy (non-hydrogen) atoms. The summed E-state index contributed by atoms with van der Waals surface area (Å²) in [5, 5.41) is 2.73. The van der Waals surface area contributed by atoms with Gasteiger partial charge in [-0.25, -0.2) is 0 Å². The molecule has 1 nitrogen and oxygen atoms in total. The number of ether oxygens (including phenoxy) is 1. The van der Waals surface area contributed by atoms with Gasteiger partial charge in [-0.2, -0.15) is 0 Å². The second-order valence-electron chi connectivity index (χ2n) is 3.88. The Balaban J connectivity index is 2.39. The molecule has 0 saturated carbocycles. The standard InChI is InChI=1S/C15H17OP/c1-13(16-2)17(14-9-5-3-6-10-14)15-11-7-4-8-12-15/h3-13H,1-2H3. The summed E-state index contributed by atoms with van der Waals surface area (Å²) in [6, 6.07) is 21.2. The van der Waals surface area contributed by atoms with E-state index in [1.807, 2.05) is 0 Å². The molecule has 0 aliphatic rings. The predicted octanol–water partition coefficient (Wildman–Crippen LogP) is 3.11. The largest absolute Gasteiger partial charge is 0.377 e. The highest BCUT2D eigenvalue weighted by Gasteiger charge is 2.19. The highest BCUT2D eigenvalue weighted by molar-refractivity contribution is 7.73. The number of hydrogen-bond acceptors (Lipinski definition) is 1. The van der Waals surface area contributed by atoms with Crippen molar-refractivity contribution in [2.24, 2.45) is 0 Å². The first kappa shape index (κ1) is 12.3.